The summed E-state index contributed by atoms with van der Waals surface area (Å²) in [5.74, 6) is 0.117. The molecule has 0 fully saturated rings. The summed E-state index contributed by atoms with van der Waals surface area (Å²) in [6.45, 7) is 0.200. The van der Waals surface area contributed by atoms with E-state index in [1.54, 1.807) is 31.4 Å². The number of ether oxygens (including phenoxy) is 1. The summed E-state index contributed by atoms with van der Waals surface area (Å²) >= 11 is 0. The topological polar surface area (TPSA) is 104 Å². The van der Waals surface area contributed by atoms with Crippen molar-refractivity contribution in [1.82, 2.24) is 19.0 Å². The zero-order valence-corrected chi connectivity index (χ0v) is 16.0. The van der Waals surface area contributed by atoms with Gasteiger partial charge in [-0.25, -0.2) is 4.79 Å². The fourth-order valence-electron chi connectivity index (χ4n) is 3.06. The van der Waals surface area contributed by atoms with Crippen molar-refractivity contribution < 1.29 is 9.53 Å². The molecule has 3 aromatic rings. The van der Waals surface area contributed by atoms with Crippen LogP contribution in [0.5, 0.6) is 5.75 Å². The molecular formula is C19H20N4O5. The summed E-state index contributed by atoms with van der Waals surface area (Å²) in [7, 11) is 5.78. The van der Waals surface area contributed by atoms with Gasteiger partial charge in [-0.1, -0.05) is 12.1 Å². The van der Waals surface area contributed by atoms with Gasteiger partial charge >= 0.3 is 5.69 Å². The number of nitrogens with one attached hydrogen (secondary N) is 1. The third-order valence-electron chi connectivity index (χ3n) is 4.68. The van der Waals surface area contributed by atoms with Gasteiger partial charge in [0.1, 0.15) is 11.4 Å². The van der Waals surface area contributed by atoms with Gasteiger partial charge in [-0.15, -0.1) is 0 Å². The van der Waals surface area contributed by atoms with Crippen LogP contribution in [0, 0.1) is 0 Å². The molecule has 146 valence electrons. The molecule has 3 rings (SSSR count). The number of methoxy groups -OCH3 is 1. The lowest BCUT2D eigenvalue weighted by Gasteiger charge is -2.14. The Balaban J connectivity index is 2.08. The average molecular weight is 384 g/mol. The standard InChI is InChI=1S/C19H20N4O5/c1-21-14(24)9-13(15-17(21)22(2)19(27)23(3)18(15)26)16(25)20-10-11-5-7-12(28-4)8-6-11/h5-9H,10H2,1-4H3,(H,20,25). The summed E-state index contributed by atoms with van der Waals surface area (Å²) in [6, 6.07) is 8.23. The second kappa shape index (κ2) is 7.18. The van der Waals surface area contributed by atoms with Crippen LogP contribution in [0.1, 0.15) is 15.9 Å². The Kier molecular flexibility index (Phi) is 4.91. The molecule has 2 heterocycles. The van der Waals surface area contributed by atoms with Crippen molar-refractivity contribution in [2.75, 3.05) is 7.11 Å². The summed E-state index contributed by atoms with van der Waals surface area (Å²) in [5.41, 5.74) is -0.863. The Morgan fingerprint density at radius 1 is 1.00 bits per heavy atom. The maximum Gasteiger partial charge on any atom is 0.332 e. The van der Waals surface area contributed by atoms with Crippen molar-refractivity contribution in [3.63, 3.8) is 0 Å². The number of carbonyl (C=O) groups excluding carboxylic acids is 1. The van der Waals surface area contributed by atoms with E-state index in [4.69, 9.17) is 4.74 Å². The number of rotatable bonds is 4. The first-order valence-electron chi connectivity index (χ1n) is 8.47. The van der Waals surface area contributed by atoms with Gasteiger partial charge < -0.3 is 10.1 Å². The molecule has 9 nitrogen and oxygen atoms in total. The van der Waals surface area contributed by atoms with Gasteiger partial charge in [-0.3, -0.25) is 28.1 Å². The van der Waals surface area contributed by atoms with Crippen LogP contribution in [0.4, 0.5) is 0 Å². The highest BCUT2D eigenvalue weighted by Gasteiger charge is 2.20. The summed E-state index contributed by atoms with van der Waals surface area (Å²) in [4.78, 5) is 50.0. The van der Waals surface area contributed by atoms with Gasteiger partial charge in [0, 0.05) is 33.8 Å². The van der Waals surface area contributed by atoms with Crippen molar-refractivity contribution in [2.45, 2.75) is 6.54 Å². The second-order valence-corrected chi connectivity index (χ2v) is 6.39. The zero-order valence-electron chi connectivity index (χ0n) is 16.0. The van der Waals surface area contributed by atoms with E-state index in [9.17, 15) is 19.2 Å². The fraction of sp³-hybridized carbons (Fsp3) is 0.263. The molecule has 1 aromatic carbocycles. The number of aryl methyl sites for hydroxylation is 2. The number of aromatic nitrogens is 3. The Morgan fingerprint density at radius 3 is 2.25 bits per heavy atom. The van der Waals surface area contributed by atoms with Crippen LogP contribution in [0.25, 0.3) is 11.0 Å². The molecule has 0 saturated heterocycles. The van der Waals surface area contributed by atoms with E-state index in [-0.39, 0.29) is 23.1 Å². The van der Waals surface area contributed by atoms with Crippen molar-refractivity contribution >= 4 is 16.9 Å². The number of hydrogen-bond acceptors (Lipinski definition) is 5. The van der Waals surface area contributed by atoms with E-state index in [0.29, 0.717) is 5.75 Å². The van der Waals surface area contributed by atoms with Crippen LogP contribution < -0.4 is 26.9 Å². The second-order valence-electron chi connectivity index (χ2n) is 6.39. The molecule has 0 aliphatic carbocycles. The fourth-order valence-corrected chi connectivity index (χ4v) is 3.06. The minimum atomic E-state index is -0.636. The van der Waals surface area contributed by atoms with E-state index in [1.807, 2.05) is 0 Å². The highest BCUT2D eigenvalue weighted by atomic mass is 16.5. The summed E-state index contributed by atoms with van der Waals surface area (Å²) in [6.07, 6.45) is 0. The molecule has 0 bridgehead atoms. The first-order chi connectivity index (χ1) is 13.3. The molecule has 1 N–H and O–H groups in total. The largest absolute Gasteiger partial charge is 0.497 e. The summed E-state index contributed by atoms with van der Waals surface area (Å²) in [5, 5.41) is 2.72. The minimum Gasteiger partial charge on any atom is -0.497 e. The zero-order chi connectivity index (χ0) is 20.6. The smallest absolute Gasteiger partial charge is 0.332 e. The van der Waals surface area contributed by atoms with Gasteiger partial charge in [0.15, 0.2) is 0 Å². The highest BCUT2D eigenvalue weighted by Crippen LogP contribution is 2.13. The molecular weight excluding hydrogens is 364 g/mol. The number of pyridine rings is 1. The van der Waals surface area contributed by atoms with Gasteiger partial charge in [-0.05, 0) is 17.7 Å². The molecule has 0 aliphatic rings. The Labute approximate surface area is 159 Å². The maximum atomic E-state index is 12.8. The lowest BCUT2D eigenvalue weighted by atomic mass is 10.1. The minimum absolute atomic E-state index is 0.0129. The molecule has 0 radical (unpaired) electrons. The highest BCUT2D eigenvalue weighted by molar-refractivity contribution is 6.05. The Morgan fingerprint density at radius 2 is 1.64 bits per heavy atom. The van der Waals surface area contributed by atoms with E-state index in [1.165, 1.54) is 30.3 Å². The molecule has 28 heavy (non-hydrogen) atoms. The van der Waals surface area contributed by atoms with Gasteiger partial charge in [-0.2, -0.15) is 0 Å². The molecule has 1 amide bonds. The van der Waals surface area contributed by atoms with Gasteiger partial charge in [0.05, 0.1) is 18.1 Å². The van der Waals surface area contributed by atoms with Crippen LogP contribution in [-0.2, 0) is 27.7 Å². The number of hydrogen-bond donors (Lipinski definition) is 1. The number of benzene rings is 1. The quantitative estimate of drug-likeness (QED) is 0.675. The lowest BCUT2D eigenvalue weighted by Crippen LogP contribution is -2.41. The van der Waals surface area contributed by atoms with E-state index in [0.717, 1.165) is 16.2 Å². The van der Waals surface area contributed by atoms with Crippen molar-refractivity contribution in [3.05, 3.63) is 72.7 Å². The monoisotopic (exact) mass is 384 g/mol. The van der Waals surface area contributed by atoms with Crippen molar-refractivity contribution in [3.8, 4) is 5.75 Å². The molecule has 0 saturated carbocycles. The van der Waals surface area contributed by atoms with Crippen LogP contribution in [0.15, 0.2) is 44.7 Å². The van der Waals surface area contributed by atoms with Gasteiger partial charge in [0.25, 0.3) is 17.0 Å². The average Bonchev–Trinajstić information content (AvgIpc) is 2.70. The van der Waals surface area contributed by atoms with Gasteiger partial charge in [0.2, 0.25) is 0 Å². The molecule has 0 spiro atoms. The van der Waals surface area contributed by atoms with Crippen LogP contribution >= 0.6 is 0 Å². The lowest BCUT2D eigenvalue weighted by molar-refractivity contribution is 0.0952. The van der Waals surface area contributed by atoms with E-state index < -0.39 is 22.7 Å². The number of fused-ring (bicyclic) bond motifs is 1. The molecule has 0 unspecified atom stereocenters. The number of amides is 1. The van der Waals surface area contributed by atoms with Crippen molar-refractivity contribution in [1.29, 1.82) is 0 Å². The third kappa shape index (κ3) is 3.11. The first kappa shape index (κ1) is 19.2. The van der Waals surface area contributed by atoms with E-state index >= 15 is 0 Å². The van der Waals surface area contributed by atoms with E-state index in [2.05, 4.69) is 5.32 Å². The predicted molar refractivity (Wildman–Crippen MR) is 104 cm³/mol. The molecule has 0 aliphatic heterocycles. The normalized spacial score (nSPS) is 10.9. The maximum absolute atomic E-state index is 12.8. The third-order valence-corrected chi connectivity index (χ3v) is 4.68. The first-order valence-corrected chi connectivity index (χ1v) is 8.47. The van der Waals surface area contributed by atoms with Crippen LogP contribution in [0.2, 0.25) is 0 Å². The van der Waals surface area contributed by atoms with Crippen LogP contribution in [0.3, 0.4) is 0 Å². The van der Waals surface area contributed by atoms with Crippen molar-refractivity contribution in [2.24, 2.45) is 21.1 Å². The Bertz CT molecular complexity index is 1250. The molecule has 2 aromatic heterocycles. The predicted octanol–water partition coefficient (Wildman–Crippen LogP) is -0.125. The summed E-state index contributed by atoms with van der Waals surface area (Å²) < 4.78 is 8.36. The Hall–Kier alpha value is -3.62. The number of nitrogens with zero attached hydrogens (tertiary/aromatic N) is 3. The molecule has 0 atom stereocenters. The van der Waals surface area contributed by atoms with Crippen LogP contribution in [-0.4, -0.2) is 26.7 Å². The SMILES string of the molecule is COc1ccc(CNC(=O)c2cc(=O)n(C)c3c2c(=O)n(C)c(=O)n3C)cc1. The number of carbonyl (C=O) groups is 1. The molecule has 9 heteroatoms.